The SMILES string of the molecule is C#CCO[C@@]1(C)C[C@@H](C)C(=O)[C@H](C)[C@@H](O)[C@](C)(O)[C@@H](CC)OC(=O)[C@H](C)[C@@H](O[C@H]2C[C@@](C)(OC)[C@@H](OC)[C@H](C)O2)[C@H](C)[C@H]1O[C@@H]1O[C@H](C)C[C@H](N(C)C)[C@H]1OC. The molecule has 0 bridgehead atoms. The molecular formula is C42H73NO13. The van der Waals surface area contributed by atoms with Gasteiger partial charge in [0.2, 0.25) is 0 Å². The number of rotatable bonds is 11. The molecule has 14 heteroatoms. The number of carbonyl (C=O) groups is 2. The van der Waals surface area contributed by atoms with Crippen molar-refractivity contribution in [3.05, 3.63) is 0 Å². The normalized spacial score (nSPS) is 46.2. The quantitative estimate of drug-likeness (QED) is 0.230. The summed E-state index contributed by atoms with van der Waals surface area (Å²) < 4.78 is 57.4. The summed E-state index contributed by atoms with van der Waals surface area (Å²) >= 11 is 0. The Labute approximate surface area is 335 Å². The standard InChI is InChI=1S/C42H73NO13/c1-17-19-51-41(10)21-23(3)32(44)25(5)35(45)42(11,47)30(18-2)54-38(46)27(7)33(55-31-22-40(9,50-16)37(49-15)28(8)53-31)26(6)36(41)56-39-34(48-14)29(43(12)13)20-24(4)52-39/h1,23-31,33-37,39,45,47H,18-22H2,2-16H3/t23-,24-,25+,26+,27-,28+,29+,30-,31+,33+,34-,35-,36-,37+,39+,40-,41+,42-/m1/s1. The molecule has 0 aromatic rings. The number of methoxy groups -OCH3 is 3. The van der Waals surface area contributed by atoms with Gasteiger partial charge in [0.25, 0.3) is 0 Å². The monoisotopic (exact) mass is 800 g/mol. The Bertz CT molecular complexity index is 1320. The van der Waals surface area contributed by atoms with Gasteiger partial charge >= 0.3 is 5.97 Å². The molecule has 2 N–H and O–H groups in total. The number of nitrogens with zero attached hydrogens (tertiary/aromatic N) is 1. The zero-order valence-corrected chi connectivity index (χ0v) is 36.6. The molecule has 3 fully saturated rings. The van der Waals surface area contributed by atoms with Gasteiger partial charge in [-0.25, -0.2) is 0 Å². The lowest BCUT2D eigenvalue weighted by Gasteiger charge is -2.50. The van der Waals surface area contributed by atoms with Crippen LogP contribution in [0.15, 0.2) is 0 Å². The molecule has 0 aliphatic carbocycles. The summed E-state index contributed by atoms with van der Waals surface area (Å²) in [5.41, 5.74) is -4.09. The van der Waals surface area contributed by atoms with Crippen molar-refractivity contribution in [2.75, 3.05) is 42.0 Å². The van der Waals surface area contributed by atoms with Crippen molar-refractivity contribution in [2.24, 2.45) is 23.7 Å². The maximum absolute atomic E-state index is 14.4. The van der Waals surface area contributed by atoms with Gasteiger partial charge in [-0.05, 0) is 74.9 Å². The van der Waals surface area contributed by atoms with Crippen LogP contribution in [0.25, 0.3) is 0 Å². The van der Waals surface area contributed by atoms with E-state index in [1.165, 1.54) is 6.92 Å². The van der Waals surface area contributed by atoms with E-state index in [2.05, 4.69) is 10.8 Å². The van der Waals surface area contributed by atoms with E-state index >= 15 is 0 Å². The summed E-state index contributed by atoms with van der Waals surface area (Å²) in [6.07, 6.45) is -1.01. The van der Waals surface area contributed by atoms with Gasteiger partial charge in [-0.1, -0.05) is 33.6 Å². The van der Waals surface area contributed by atoms with E-state index in [4.69, 9.17) is 49.1 Å². The molecule has 0 unspecified atom stereocenters. The Kier molecular flexibility index (Phi) is 17.4. The summed E-state index contributed by atoms with van der Waals surface area (Å²) in [6.45, 7) is 17.5. The Morgan fingerprint density at radius 2 is 1.54 bits per heavy atom. The number of cyclic esters (lactones) is 1. The minimum Gasteiger partial charge on any atom is -0.459 e. The lowest BCUT2D eigenvalue weighted by molar-refractivity contribution is -0.322. The van der Waals surface area contributed by atoms with Crippen LogP contribution in [0, 0.1) is 36.0 Å². The van der Waals surface area contributed by atoms with E-state index in [1.807, 2.05) is 48.7 Å². The van der Waals surface area contributed by atoms with Gasteiger partial charge in [-0.15, -0.1) is 6.42 Å². The van der Waals surface area contributed by atoms with Gasteiger partial charge in [0.1, 0.15) is 36.3 Å². The summed E-state index contributed by atoms with van der Waals surface area (Å²) in [5, 5.41) is 23.3. The van der Waals surface area contributed by atoms with Crippen LogP contribution >= 0.6 is 0 Å². The molecule has 56 heavy (non-hydrogen) atoms. The van der Waals surface area contributed by atoms with Crippen LogP contribution in [0.2, 0.25) is 0 Å². The smallest absolute Gasteiger partial charge is 0.311 e. The second kappa shape index (κ2) is 20.0. The Hall–Kier alpha value is -1.74. The third-order valence-electron chi connectivity index (χ3n) is 12.7. The molecule has 0 aromatic heterocycles. The van der Waals surface area contributed by atoms with Crippen molar-refractivity contribution in [1.82, 2.24) is 4.90 Å². The molecule has 0 saturated carbocycles. The molecule has 3 heterocycles. The molecule has 3 aliphatic heterocycles. The first-order valence-corrected chi connectivity index (χ1v) is 20.2. The lowest BCUT2D eigenvalue weighted by atomic mass is 9.73. The van der Waals surface area contributed by atoms with Crippen molar-refractivity contribution in [2.45, 2.75) is 179 Å². The maximum atomic E-state index is 14.4. The number of aliphatic hydroxyl groups excluding tert-OH is 1. The summed E-state index contributed by atoms with van der Waals surface area (Å²) in [5.74, 6) is -1.86. The summed E-state index contributed by atoms with van der Waals surface area (Å²) in [7, 11) is 8.77. The molecule has 3 rings (SSSR count). The van der Waals surface area contributed by atoms with E-state index < -0.39 is 102 Å². The van der Waals surface area contributed by atoms with Gasteiger partial charge in [0, 0.05) is 51.5 Å². The van der Waals surface area contributed by atoms with Crippen LogP contribution in [-0.4, -0.2) is 153 Å². The van der Waals surface area contributed by atoms with E-state index in [1.54, 1.807) is 49.0 Å². The van der Waals surface area contributed by atoms with Crippen molar-refractivity contribution >= 4 is 11.8 Å². The number of esters is 1. The van der Waals surface area contributed by atoms with Crippen molar-refractivity contribution < 1.29 is 62.4 Å². The number of Topliss-reactive ketones (excluding diaryl/α,β-unsaturated/α-hetero) is 1. The zero-order chi connectivity index (χ0) is 42.5. The number of likely N-dealkylation sites (N-methyl/N-ethyl adjacent to an activating group) is 1. The van der Waals surface area contributed by atoms with Crippen LogP contribution in [0.3, 0.4) is 0 Å². The highest BCUT2D eigenvalue weighted by molar-refractivity contribution is 5.83. The molecule has 0 aromatic carbocycles. The van der Waals surface area contributed by atoms with E-state index in [0.717, 1.165) is 0 Å². The third kappa shape index (κ3) is 10.5. The fourth-order valence-electron chi connectivity index (χ4n) is 9.41. The van der Waals surface area contributed by atoms with E-state index in [-0.39, 0.29) is 43.8 Å². The molecule has 14 nitrogen and oxygen atoms in total. The molecule has 18 atom stereocenters. The number of carbonyl (C=O) groups excluding carboxylic acids is 2. The minimum atomic E-state index is -1.97. The molecule has 3 aliphatic rings. The first kappa shape index (κ1) is 48.6. The summed E-state index contributed by atoms with van der Waals surface area (Å²) in [4.78, 5) is 30.7. The second-order valence-corrected chi connectivity index (χ2v) is 17.3. The molecule has 0 radical (unpaired) electrons. The van der Waals surface area contributed by atoms with E-state index in [9.17, 15) is 19.8 Å². The highest BCUT2D eigenvalue weighted by atomic mass is 16.7. The van der Waals surface area contributed by atoms with Crippen molar-refractivity contribution in [3.8, 4) is 12.3 Å². The van der Waals surface area contributed by atoms with Gasteiger partial charge in [0.15, 0.2) is 12.6 Å². The van der Waals surface area contributed by atoms with Gasteiger partial charge in [0.05, 0.1) is 47.6 Å². The number of ether oxygens (including phenoxy) is 9. The fraction of sp³-hybridized carbons (Fsp3) is 0.905. The number of aliphatic hydroxyl groups is 2. The third-order valence-corrected chi connectivity index (χ3v) is 12.7. The predicted octanol–water partition coefficient (Wildman–Crippen LogP) is 3.75. The van der Waals surface area contributed by atoms with Gasteiger partial charge in [-0.2, -0.15) is 0 Å². The first-order valence-electron chi connectivity index (χ1n) is 20.2. The number of ketones is 1. The first-order chi connectivity index (χ1) is 26.1. The fourth-order valence-corrected chi connectivity index (χ4v) is 9.41. The molecular weight excluding hydrogens is 726 g/mol. The second-order valence-electron chi connectivity index (χ2n) is 17.3. The Morgan fingerprint density at radius 1 is 0.893 bits per heavy atom. The van der Waals surface area contributed by atoms with Crippen LogP contribution in [0.1, 0.15) is 94.9 Å². The Morgan fingerprint density at radius 3 is 2.07 bits per heavy atom. The topological polar surface area (TPSA) is 161 Å². The summed E-state index contributed by atoms with van der Waals surface area (Å²) in [6, 6.07) is -0.0689. The molecule has 3 saturated heterocycles. The predicted molar refractivity (Wildman–Crippen MR) is 208 cm³/mol. The molecule has 0 spiro atoms. The van der Waals surface area contributed by atoms with Crippen LogP contribution in [0.4, 0.5) is 0 Å². The van der Waals surface area contributed by atoms with Crippen LogP contribution in [0.5, 0.6) is 0 Å². The van der Waals surface area contributed by atoms with Crippen molar-refractivity contribution in [3.63, 3.8) is 0 Å². The Balaban J connectivity index is 2.30. The largest absolute Gasteiger partial charge is 0.459 e. The number of hydrogen-bond acceptors (Lipinski definition) is 14. The molecule has 324 valence electrons. The molecule has 0 amide bonds. The zero-order valence-electron chi connectivity index (χ0n) is 36.6. The lowest BCUT2D eigenvalue weighted by Crippen LogP contribution is -2.62. The average molecular weight is 800 g/mol. The van der Waals surface area contributed by atoms with Crippen molar-refractivity contribution in [1.29, 1.82) is 0 Å². The minimum absolute atomic E-state index is 0.0689. The number of hydrogen-bond donors (Lipinski definition) is 2. The van der Waals surface area contributed by atoms with E-state index in [0.29, 0.717) is 6.42 Å². The maximum Gasteiger partial charge on any atom is 0.311 e. The highest BCUT2D eigenvalue weighted by Crippen LogP contribution is 2.42. The van der Waals surface area contributed by atoms with Gasteiger partial charge < -0.3 is 57.7 Å². The highest BCUT2D eigenvalue weighted by Gasteiger charge is 2.54. The number of terminal acetylenes is 1. The van der Waals surface area contributed by atoms with Gasteiger partial charge in [-0.3, -0.25) is 9.59 Å². The average Bonchev–Trinajstić information content (AvgIpc) is 3.14. The van der Waals surface area contributed by atoms with Crippen LogP contribution < -0.4 is 0 Å². The van der Waals surface area contributed by atoms with Crippen LogP contribution in [-0.2, 0) is 52.2 Å².